The number of ether oxygens (including phenoxy) is 1. The van der Waals surface area contributed by atoms with Crippen molar-refractivity contribution in [2.24, 2.45) is 5.92 Å². The average molecular weight is 440 g/mol. The first-order chi connectivity index (χ1) is 17.1. The van der Waals surface area contributed by atoms with Crippen LogP contribution in [0.1, 0.15) is 29.5 Å². The number of alkyl halides is 3. The Bertz CT molecular complexity index is 1050. The summed E-state index contributed by atoms with van der Waals surface area (Å²) in [6.45, 7) is 2.66. The van der Waals surface area contributed by atoms with E-state index in [2.05, 4.69) is 9.88 Å². The van der Waals surface area contributed by atoms with Crippen LogP contribution in [-0.4, -0.2) is 55.8 Å². The van der Waals surface area contributed by atoms with Crippen LogP contribution in [0.3, 0.4) is 0 Å². The summed E-state index contributed by atoms with van der Waals surface area (Å²) in [6.07, 6.45) is -3.47. The molecule has 1 aromatic carbocycles. The van der Waals surface area contributed by atoms with Gasteiger partial charge in [0, 0.05) is 27.5 Å². The van der Waals surface area contributed by atoms with Crippen LogP contribution < -0.4 is 10.2 Å². The Labute approximate surface area is 188 Å². The second-order valence-corrected chi connectivity index (χ2v) is 7.83. The molecule has 2 aliphatic rings. The third-order valence-electron chi connectivity index (χ3n) is 5.61. The number of rotatable bonds is 6. The van der Waals surface area contributed by atoms with Crippen LogP contribution in [0.15, 0.2) is 42.5 Å². The average Bonchev–Trinajstić information content (AvgIpc) is 2.86. The van der Waals surface area contributed by atoms with Crippen LogP contribution in [-0.2, 0) is 17.5 Å². The van der Waals surface area contributed by atoms with Gasteiger partial charge >= 0.3 is 6.18 Å². The van der Waals surface area contributed by atoms with Crippen molar-refractivity contribution in [3.8, 4) is 0 Å². The SMILES string of the molecule is [2H]c1nc(N2CCOCC2)c([2H])c([2H])c1N([2H])C([2H])C1CCN(Cc2ccc(C(F)(F)F)cc2)CC1. The number of likely N-dealkylation sites (tertiary alicyclic amines) is 1. The van der Waals surface area contributed by atoms with E-state index in [0.717, 1.165) is 23.0 Å². The highest BCUT2D eigenvalue weighted by atomic mass is 19.4. The van der Waals surface area contributed by atoms with Gasteiger partial charge in [0.2, 0.25) is 0 Å². The van der Waals surface area contributed by atoms with E-state index in [1.165, 1.54) is 12.1 Å². The highest BCUT2D eigenvalue weighted by Gasteiger charge is 2.30. The van der Waals surface area contributed by atoms with Crippen LogP contribution in [0.5, 0.6) is 0 Å². The molecule has 8 heteroatoms. The van der Waals surface area contributed by atoms with Gasteiger partial charge in [0.25, 0.3) is 0 Å². The molecule has 2 saturated heterocycles. The number of hydrogen-bond donors (Lipinski definition) is 1. The number of piperidine rings is 1. The lowest BCUT2D eigenvalue weighted by Crippen LogP contribution is -2.36. The van der Waals surface area contributed by atoms with Gasteiger partial charge in [0.1, 0.15) is 5.82 Å². The summed E-state index contributed by atoms with van der Waals surface area (Å²) in [5.41, 5.74) is -0.0503. The molecule has 0 amide bonds. The van der Waals surface area contributed by atoms with E-state index in [1.807, 2.05) is 0 Å². The fraction of sp³-hybridized carbons (Fsp3) is 0.522. The van der Waals surface area contributed by atoms with Crippen molar-refractivity contribution in [3.05, 3.63) is 53.7 Å². The van der Waals surface area contributed by atoms with E-state index < -0.39 is 18.3 Å². The molecule has 4 rings (SSSR count). The number of morpholine rings is 1. The maximum atomic E-state index is 12.8. The molecule has 31 heavy (non-hydrogen) atoms. The summed E-state index contributed by atoms with van der Waals surface area (Å²) in [5, 5.41) is 0.828. The van der Waals surface area contributed by atoms with Crippen molar-refractivity contribution in [3.63, 3.8) is 0 Å². The lowest BCUT2D eigenvalue weighted by molar-refractivity contribution is -0.137. The van der Waals surface area contributed by atoms with Gasteiger partial charge in [0.05, 0.1) is 34.7 Å². The molecule has 0 bridgehead atoms. The summed E-state index contributed by atoms with van der Waals surface area (Å²) in [7, 11) is 0. The molecule has 168 valence electrons. The number of hydrogen-bond acceptors (Lipinski definition) is 5. The third kappa shape index (κ3) is 6.11. The molecule has 0 aliphatic carbocycles. The molecule has 5 nitrogen and oxygen atoms in total. The number of halogens is 3. The minimum Gasteiger partial charge on any atom is -0.384 e. The van der Waals surface area contributed by atoms with E-state index in [4.69, 9.17) is 11.6 Å². The molecule has 1 atom stereocenters. The van der Waals surface area contributed by atoms with Gasteiger partial charge in [-0.25, -0.2) is 4.98 Å². The van der Waals surface area contributed by atoms with Crippen molar-refractivity contribution in [2.45, 2.75) is 25.6 Å². The maximum absolute atomic E-state index is 12.8. The van der Waals surface area contributed by atoms with Gasteiger partial charge in [-0.1, -0.05) is 12.1 Å². The van der Waals surface area contributed by atoms with E-state index in [0.29, 0.717) is 58.8 Å². The second kappa shape index (κ2) is 9.87. The zero-order valence-electron chi connectivity index (χ0n) is 22.2. The molecule has 2 fully saturated rings. The molecule has 0 spiro atoms. The standard InChI is InChI=1S/C23H29F3N4O/c24-23(25,26)20-3-1-19(2-4-20)17-29-9-7-18(8-10-29)15-27-21-5-6-22(28-16-21)30-11-13-31-14-12-30/h1-6,16,18,27H,7-15,17H2/i5D,6D,15D,16D/hD. The normalized spacial score (nSPS) is 22.2. The molecule has 2 aliphatic heterocycles. The fourth-order valence-electron chi connectivity index (χ4n) is 3.76. The molecule has 1 unspecified atom stereocenters. The lowest BCUT2D eigenvalue weighted by atomic mass is 9.96. The van der Waals surface area contributed by atoms with Gasteiger partial charge in [0.15, 0.2) is 1.41 Å². The summed E-state index contributed by atoms with van der Waals surface area (Å²) in [4.78, 5) is 8.09. The van der Waals surface area contributed by atoms with Gasteiger partial charge in [-0.05, 0) is 61.6 Å². The summed E-state index contributed by atoms with van der Waals surface area (Å²) >= 11 is 0. The summed E-state index contributed by atoms with van der Waals surface area (Å²) < 4.78 is 85.8. The third-order valence-corrected chi connectivity index (χ3v) is 5.61. The Hall–Kier alpha value is -2.32. The predicted molar refractivity (Wildman–Crippen MR) is 115 cm³/mol. The Morgan fingerprint density at radius 2 is 1.84 bits per heavy atom. The minimum atomic E-state index is -4.36. The number of anilines is 2. The van der Waals surface area contributed by atoms with E-state index in [9.17, 15) is 13.2 Å². The second-order valence-electron chi connectivity index (χ2n) is 7.83. The molecule has 1 N–H and O–H groups in total. The topological polar surface area (TPSA) is 40.6 Å². The predicted octanol–water partition coefficient (Wildman–Crippen LogP) is 4.26. The first-order valence-electron chi connectivity index (χ1n) is 13.0. The molecular formula is C23H29F3N4O. The van der Waals surface area contributed by atoms with E-state index in [1.54, 1.807) is 4.90 Å². The van der Waals surface area contributed by atoms with Crippen molar-refractivity contribution in [1.29, 1.82) is 0 Å². The largest absolute Gasteiger partial charge is 0.416 e. The van der Waals surface area contributed by atoms with Crippen molar-refractivity contribution in [2.75, 3.05) is 56.1 Å². The zero-order chi connectivity index (χ0) is 26.0. The Morgan fingerprint density at radius 3 is 2.52 bits per heavy atom. The van der Waals surface area contributed by atoms with Gasteiger partial charge in [-0.3, -0.25) is 4.90 Å². The van der Waals surface area contributed by atoms with Crippen LogP contribution in [0, 0.1) is 5.92 Å². The van der Waals surface area contributed by atoms with Crippen molar-refractivity contribution in [1.82, 2.24) is 9.88 Å². The Morgan fingerprint density at radius 1 is 1.13 bits per heavy atom. The van der Waals surface area contributed by atoms with Crippen LogP contribution in [0.2, 0.25) is 1.41 Å². The van der Waals surface area contributed by atoms with E-state index >= 15 is 0 Å². The molecule has 1 aromatic heterocycles. The van der Waals surface area contributed by atoms with Gasteiger partial charge in [-0.2, -0.15) is 13.2 Å². The van der Waals surface area contributed by atoms with Gasteiger partial charge in [-0.15, -0.1) is 0 Å². The molecular weight excluding hydrogens is 405 g/mol. The minimum absolute atomic E-state index is 0.149. The smallest absolute Gasteiger partial charge is 0.384 e. The number of aromatic nitrogens is 1. The van der Waals surface area contributed by atoms with Gasteiger partial charge < -0.3 is 14.9 Å². The summed E-state index contributed by atoms with van der Waals surface area (Å²) in [5.74, 6) is 0.0295. The fourth-order valence-corrected chi connectivity index (χ4v) is 3.76. The lowest BCUT2D eigenvalue weighted by Gasteiger charge is -2.32. The quantitative estimate of drug-likeness (QED) is 0.728. The number of pyridine rings is 1. The van der Waals surface area contributed by atoms with Crippen LogP contribution in [0.4, 0.5) is 24.7 Å². The molecule has 0 radical (unpaired) electrons. The summed E-state index contributed by atoms with van der Waals surface area (Å²) in [6, 6.07) is 4.66. The zero-order valence-corrected chi connectivity index (χ0v) is 17.2. The number of nitrogens with zero attached hydrogens (tertiary/aromatic N) is 3. The number of nitrogens with one attached hydrogen (secondary N) is 1. The molecule has 3 heterocycles. The van der Waals surface area contributed by atoms with E-state index in [-0.39, 0.29) is 35.7 Å². The molecule has 2 aromatic rings. The molecule has 0 saturated carbocycles. The first kappa shape index (κ1) is 16.3. The van der Waals surface area contributed by atoms with Crippen LogP contribution in [0.25, 0.3) is 0 Å². The van der Waals surface area contributed by atoms with Crippen molar-refractivity contribution < 1.29 is 24.8 Å². The monoisotopic (exact) mass is 439 g/mol. The Kier molecular flexibility index (Phi) is 5.20. The van der Waals surface area contributed by atoms with Crippen LogP contribution >= 0.6 is 0 Å². The first-order valence-corrected chi connectivity index (χ1v) is 10.5. The maximum Gasteiger partial charge on any atom is 0.416 e. The van der Waals surface area contributed by atoms with Crippen molar-refractivity contribution >= 4 is 11.5 Å². The Balaban J connectivity index is 1.38. The number of benzene rings is 1. The highest BCUT2D eigenvalue weighted by molar-refractivity contribution is 5.48. The highest BCUT2D eigenvalue weighted by Crippen LogP contribution is 2.29.